The minimum atomic E-state index is -4.90. The summed E-state index contributed by atoms with van der Waals surface area (Å²) in [7, 11) is 0. The standard InChI is InChI=1S/C19H21F3N4O3/c1-18(2)16(27)26(14-5-3-4-13(12-23)15(14)19(20,21)22)17(28)25(18)7-6-24-8-10-29-11-9-24/h3-5H,6-11H2,1-2H3. The van der Waals surface area contributed by atoms with Crippen molar-refractivity contribution in [3.8, 4) is 6.07 Å². The summed E-state index contributed by atoms with van der Waals surface area (Å²) in [4.78, 5) is 29.9. The molecular formula is C19H21F3N4O3. The molecular weight excluding hydrogens is 389 g/mol. The molecule has 3 amide bonds. The van der Waals surface area contributed by atoms with Crippen LogP contribution in [0.15, 0.2) is 18.2 Å². The molecule has 7 nitrogen and oxygen atoms in total. The van der Waals surface area contributed by atoms with Gasteiger partial charge in [0.25, 0.3) is 5.91 Å². The first-order chi connectivity index (χ1) is 13.6. The topological polar surface area (TPSA) is 76.9 Å². The van der Waals surface area contributed by atoms with Gasteiger partial charge in [-0.25, -0.2) is 9.69 Å². The molecule has 0 bridgehead atoms. The van der Waals surface area contributed by atoms with Crippen LogP contribution >= 0.6 is 0 Å². The number of hydrogen-bond donors (Lipinski definition) is 0. The fourth-order valence-corrected chi connectivity index (χ4v) is 3.61. The maximum absolute atomic E-state index is 13.7. The van der Waals surface area contributed by atoms with Gasteiger partial charge in [-0.2, -0.15) is 18.4 Å². The first-order valence-corrected chi connectivity index (χ1v) is 9.15. The zero-order chi connectivity index (χ0) is 21.4. The lowest BCUT2D eigenvalue weighted by Gasteiger charge is -2.32. The van der Waals surface area contributed by atoms with E-state index in [1.165, 1.54) is 30.9 Å². The van der Waals surface area contributed by atoms with E-state index in [0.717, 1.165) is 12.1 Å². The molecule has 1 aromatic carbocycles. The van der Waals surface area contributed by atoms with E-state index in [2.05, 4.69) is 4.90 Å². The molecule has 2 fully saturated rings. The number of imide groups is 1. The lowest BCUT2D eigenvalue weighted by molar-refractivity contribution is -0.137. The number of rotatable bonds is 4. The van der Waals surface area contributed by atoms with Crippen molar-refractivity contribution in [2.75, 3.05) is 44.3 Å². The summed E-state index contributed by atoms with van der Waals surface area (Å²) >= 11 is 0. The van der Waals surface area contributed by atoms with Crippen molar-refractivity contribution < 1.29 is 27.5 Å². The van der Waals surface area contributed by atoms with Gasteiger partial charge in [0.1, 0.15) is 5.54 Å². The van der Waals surface area contributed by atoms with Crippen molar-refractivity contribution in [2.45, 2.75) is 25.6 Å². The fourth-order valence-electron chi connectivity index (χ4n) is 3.61. The Morgan fingerprint density at radius 2 is 1.83 bits per heavy atom. The Hall–Kier alpha value is -2.64. The lowest BCUT2D eigenvalue weighted by atomic mass is 10.0. The molecule has 29 heavy (non-hydrogen) atoms. The summed E-state index contributed by atoms with van der Waals surface area (Å²) in [6.45, 7) is 6.18. The number of nitriles is 1. The highest BCUT2D eigenvalue weighted by atomic mass is 19.4. The number of nitrogens with zero attached hydrogens (tertiary/aromatic N) is 4. The Bertz CT molecular complexity index is 857. The van der Waals surface area contributed by atoms with Gasteiger partial charge in [0.05, 0.1) is 36.1 Å². The maximum Gasteiger partial charge on any atom is 0.419 e. The molecule has 0 aliphatic carbocycles. The molecule has 10 heteroatoms. The van der Waals surface area contributed by atoms with Gasteiger partial charge in [-0.3, -0.25) is 9.69 Å². The molecule has 1 aromatic rings. The summed E-state index contributed by atoms with van der Waals surface area (Å²) in [5, 5.41) is 9.10. The zero-order valence-corrected chi connectivity index (χ0v) is 16.1. The van der Waals surface area contributed by atoms with E-state index in [4.69, 9.17) is 10.00 Å². The van der Waals surface area contributed by atoms with Gasteiger partial charge in [0, 0.05) is 26.2 Å². The lowest BCUT2D eigenvalue weighted by Crippen LogP contribution is -2.48. The average Bonchev–Trinajstić information content (AvgIpc) is 2.84. The van der Waals surface area contributed by atoms with Crippen LogP contribution in [-0.4, -0.2) is 66.7 Å². The molecule has 156 valence electrons. The van der Waals surface area contributed by atoms with E-state index in [1.54, 1.807) is 0 Å². The van der Waals surface area contributed by atoms with Gasteiger partial charge in [-0.1, -0.05) is 6.07 Å². The normalized spacial score (nSPS) is 20.3. The highest BCUT2D eigenvalue weighted by Crippen LogP contribution is 2.42. The first-order valence-electron chi connectivity index (χ1n) is 9.15. The van der Waals surface area contributed by atoms with E-state index in [1.807, 2.05) is 0 Å². The molecule has 3 rings (SSSR count). The summed E-state index contributed by atoms with van der Waals surface area (Å²) in [6.07, 6.45) is -4.90. The molecule has 2 saturated heterocycles. The quantitative estimate of drug-likeness (QED) is 0.713. The number of anilines is 1. The summed E-state index contributed by atoms with van der Waals surface area (Å²) in [5.41, 5.74) is -3.85. The van der Waals surface area contributed by atoms with Crippen molar-refractivity contribution in [1.82, 2.24) is 9.80 Å². The molecule has 2 aliphatic heterocycles. The van der Waals surface area contributed by atoms with Crippen LogP contribution in [0.2, 0.25) is 0 Å². The average molecular weight is 410 g/mol. The van der Waals surface area contributed by atoms with Crippen molar-refractivity contribution in [3.05, 3.63) is 29.3 Å². The maximum atomic E-state index is 13.7. The van der Waals surface area contributed by atoms with Gasteiger partial charge in [-0.15, -0.1) is 0 Å². The third kappa shape index (κ3) is 3.80. The zero-order valence-electron chi connectivity index (χ0n) is 16.1. The third-order valence-corrected chi connectivity index (χ3v) is 5.25. The van der Waals surface area contributed by atoms with E-state index in [9.17, 15) is 22.8 Å². The summed E-state index contributed by atoms with van der Waals surface area (Å²) in [5.74, 6) is -0.759. The summed E-state index contributed by atoms with van der Waals surface area (Å²) in [6, 6.07) is 3.95. The van der Waals surface area contributed by atoms with E-state index in [0.29, 0.717) is 37.7 Å². The van der Waals surface area contributed by atoms with Crippen molar-refractivity contribution >= 4 is 17.6 Å². The van der Waals surface area contributed by atoms with E-state index >= 15 is 0 Å². The van der Waals surface area contributed by atoms with Gasteiger partial charge < -0.3 is 9.64 Å². The number of urea groups is 1. The number of alkyl halides is 3. The number of carbonyl (C=O) groups is 2. The SMILES string of the molecule is CC1(C)C(=O)N(c2cccc(C#N)c2C(F)(F)F)C(=O)N1CCN1CCOCC1. The van der Waals surface area contributed by atoms with Gasteiger partial charge in [-0.05, 0) is 26.0 Å². The predicted molar refractivity (Wildman–Crippen MR) is 97.1 cm³/mol. The largest absolute Gasteiger partial charge is 0.419 e. The Morgan fingerprint density at radius 1 is 1.17 bits per heavy atom. The first kappa shape index (κ1) is 21.1. The van der Waals surface area contributed by atoms with Crippen molar-refractivity contribution in [2.24, 2.45) is 0 Å². The second kappa shape index (κ2) is 7.65. The smallest absolute Gasteiger partial charge is 0.379 e. The van der Waals surface area contributed by atoms with Crippen molar-refractivity contribution in [1.29, 1.82) is 5.26 Å². The highest BCUT2D eigenvalue weighted by molar-refractivity contribution is 6.23. The number of carbonyl (C=O) groups excluding carboxylic acids is 2. The number of benzene rings is 1. The van der Waals surface area contributed by atoms with Gasteiger partial charge in [0.2, 0.25) is 0 Å². The Morgan fingerprint density at radius 3 is 2.41 bits per heavy atom. The minimum Gasteiger partial charge on any atom is -0.379 e. The van der Waals surface area contributed by atoms with E-state index < -0.39 is 40.5 Å². The fraction of sp³-hybridized carbons (Fsp3) is 0.526. The highest BCUT2D eigenvalue weighted by Gasteiger charge is 2.53. The molecule has 0 N–H and O–H groups in total. The molecule has 0 unspecified atom stereocenters. The minimum absolute atomic E-state index is 0.188. The second-order valence-corrected chi connectivity index (χ2v) is 7.40. The van der Waals surface area contributed by atoms with Crippen LogP contribution in [-0.2, 0) is 15.7 Å². The molecule has 0 radical (unpaired) electrons. The number of hydrogen-bond acceptors (Lipinski definition) is 5. The van der Waals surface area contributed by atoms with E-state index in [-0.39, 0.29) is 6.54 Å². The van der Waals surface area contributed by atoms with Crippen molar-refractivity contribution in [3.63, 3.8) is 0 Å². The summed E-state index contributed by atoms with van der Waals surface area (Å²) < 4.78 is 46.2. The van der Waals surface area contributed by atoms with Gasteiger partial charge >= 0.3 is 12.2 Å². The monoisotopic (exact) mass is 410 g/mol. The van der Waals surface area contributed by atoms with Crippen LogP contribution in [0, 0.1) is 11.3 Å². The van der Waals surface area contributed by atoms with Crippen LogP contribution in [0.3, 0.4) is 0 Å². The Labute approximate surface area is 166 Å². The number of morpholine rings is 1. The molecule has 0 saturated carbocycles. The van der Waals surface area contributed by atoms with Crippen LogP contribution in [0.1, 0.15) is 25.0 Å². The number of amides is 3. The third-order valence-electron chi connectivity index (χ3n) is 5.25. The molecule has 2 aliphatic rings. The van der Waals surface area contributed by atoms with Crippen LogP contribution < -0.4 is 4.90 Å². The molecule has 0 aromatic heterocycles. The van der Waals surface area contributed by atoms with Crippen LogP contribution in [0.5, 0.6) is 0 Å². The van der Waals surface area contributed by atoms with Crippen LogP contribution in [0.4, 0.5) is 23.7 Å². The Kier molecular flexibility index (Phi) is 5.56. The predicted octanol–water partition coefficient (Wildman–Crippen LogP) is 2.46. The molecule has 0 spiro atoms. The van der Waals surface area contributed by atoms with Crippen LogP contribution in [0.25, 0.3) is 0 Å². The Balaban J connectivity index is 1.94. The molecule has 0 atom stereocenters. The molecule has 2 heterocycles. The number of halogens is 3. The number of ether oxygens (including phenoxy) is 1. The second-order valence-electron chi connectivity index (χ2n) is 7.40. The van der Waals surface area contributed by atoms with Gasteiger partial charge in [0.15, 0.2) is 0 Å².